The predicted molar refractivity (Wildman–Crippen MR) is 82.9 cm³/mol. The van der Waals surface area contributed by atoms with Gasteiger partial charge in [0.05, 0.1) is 5.25 Å². The van der Waals surface area contributed by atoms with Gasteiger partial charge < -0.3 is 9.84 Å². The molecule has 1 aromatic rings. The van der Waals surface area contributed by atoms with E-state index in [0.717, 1.165) is 24.7 Å². The number of rotatable bonds is 6. The summed E-state index contributed by atoms with van der Waals surface area (Å²) in [6.07, 6.45) is 1.97. The number of hydrogen-bond donors (Lipinski definition) is 1. The van der Waals surface area contributed by atoms with Gasteiger partial charge in [-0.25, -0.2) is 0 Å². The Morgan fingerprint density at radius 3 is 2.89 bits per heavy atom. The third-order valence-electron chi connectivity index (χ3n) is 3.22. The van der Waals surface area contributed by atoms with Crippen LogP contribution in [0.1, 0.15) is 44.2 Å². The Bertz CT molecular complexity index is 386. The summed E-state index contributed by atoms with van der Waals surface area (Å²) in [6.45, 7) is 7.46. The fraction of sp³-hybridized carbons (Fsp3) is 0.846. The molecule has 3 unspecified atom stereocenters. The highest BCUT2D eigenvalue weighted by atomic mass is 32.2. The first-order valence-electron chi connectivity index (χ1n) is 7.03. The number of nitrogens with one attached hydrogen (secondary N) is 1. The van der Waals surface area contributed by atoms with E-state index in [4.69, 9.17) is 4.52 Å². The summed E-state index contributed by atoms with van der Waals surface area (Å²) in [5.41, 5.74) is 0. The highest BCUT2D eigenvalue weighted by Gasteiger charge is 2.30. The largest absolute Gasteiger partial charge is 0.339 e. The number of thioether (sulfide) groups is 2. The van der Waals surface area contributed by atoms with Gasteiger partial charge in [-0.2, -0.15) is 16.7 Å². The van der Waals surface area contributed by atoms with Gasteiger partial charge in [0.2, 0.25) is 5.89 Å². The first-order chi connectivity index (χ1) is 9.24. The van der Waals surface area contributed by atoms with Gasteiger partial charge in [-0.1, -0.05) is 19.0 Å². The molecule has 0 aromatic carbocycles. The molecule has 19 heavy (non-hydrogen) atoms. The molecule has 1 aliphatic rings. The SMILES string of the molecule is CCNC(C)Cc1nc(C2SCCSC2CC)no1. The molecule has 1 N–H and O–H groups in total. The van der Waals surface area contributed by atoms with Crippen LogP contribution in [0.15, 0.2) is 4.52 Å². The van der Waals surface area contributed by atoms with Crippen molar-refractivity contribution in [2.24, 2.45) is 0 Å². The summed E-state index contributed by atoms with van der Waals surface area (Å²) in [6, 6.07) is 0.383. The quantitative estimate of drug-likeness (QED) is 0.872. The molecule has 0 aliphatic carbocycles. The smallest absolute Gasteiger partial charge is 0.228 e. The summed E-state index contributed by atoms with van der Waals surface area (Å²) in [7, 11) is 0. The van der Waals surface area contributed by atoms with E-state index in [-0.39, 0.29) is 0 Å². The van der Waals surface area contributed by atoms with Crippen LogP contribution in [-0.4, -0.2) is 39.5 Å². The number of likely N-dealkylation sites (N-methyl/N-ethyl adjacent to an activating group) is 1. The molecule has 2 rings (SSSR count). The predicted octanol–water partition coefficient (Wildman–Crippen LogP) is 2.91. The Balaban J connectivity index is 1.99. The lowest BCUT2D eigenvalue weighted by Crippen LogP contribution is -2.27. The first kappa shape index (κ1) is 15.2. The van der Waals surface area contributed by atoms with Crippen LogP contribution >= 0.6 is 23.5 Å². The molecule has 108 valence electrons. The molecule has 4 nitrogen and oxygen atoms in total. The van der Waals surface area contributed by atoms with E-state index < -0.39 is 0 Å². The molecule has 0 saturated carbocycles. The summed E-state index contributed by atoms with van der Waals surface area (Å²) < 4.78 is 5.40. The normalized spacial score (nSPS) is 25.4. The fourth-order valence-corrected chi connectivity index (χ4v) is 5.27. The highest BCUT2D eigenvalue weighted by molar-refractivity contribution is 8.06. The minimum Gasteiger partial charge on any atom is -0.339 e. The second-order valence-electron chi connectivity index (χ2n) is 4.82. The van der Waals surface area contributed by atoms with Crippen LogP contribution in [0, 0.1) is 0 Å². The fourth-order valence-electron chi connectivity index (χ4n) is 2.29. The van der Waals surface area contributed by atoms with Crippen LogP contribution in [-0.2, 0) is 6.42 Å². The summed E-state index contributed by atoms with van der Waals surface area (Å²) in [4.78, 5) is 4.60. The van der Waals surface area contributed by atoms with Gasteiger partial charge in [-0.05, 0) is 19.9 Å². The molecule has 0 radical (unpaired) electrons. The Kier molecular flexibility index (Phi) is 6.04. The molecular formula is C13H23N3OS2. The first-order valence-corrected chi connectivity index (χ1v) is 9.13. The lowest BCUT2D eigenvalue weighted by atomic mass is 10.2. The minimum atomic E-state index is 0.383. The maximum atomic E-state index is 5.40. The Morgan fingerprint density at radius 2 is 2.16 bits per heavy atom. The van der Waals surface area contributed by atoms with E-state index >= 15 is 0 Å². The van der Waals surface area contributed by atoms with Gasteiger partial charge in [0.1, 0.15) is 0 Å². The van der Waals surface area contributed by atoms with Crippen molar-refractivity contribution in [3.05, 3.63) is 11.7 Å². The zero-order valence-electron chi connectivity index (χ0n) is 11.9. The van der Waals surface area contributed by atoms with Gasteiger partial charge in [-0.3, -0.25) is 0 Å². The molecule has 0 bridgehead atoms. The third kappa shape index (κ3) is 4.13. The number of aromatic nitrogens is 2. The second kappa shape index (κ2) is 7.55. The van der Waals surface area contributed by atoms with Crippen LogP contribution in [0.5, 0.6) is 0 Å². The summed E-state index contributed by atoms with van der Waals surface area (Å²) in [5.74, 6) is 4.07. The molecule has 1 aromatic heterocycles. The third-order valence-corrected chi connectivity index (χ3v) is 6.47. The lowest BCUT2D eigenvalue weighted by Gasteiger charge is -2.27. The molecule has 2 heterocycles. The van der Waals surface area contributed by atoms with E-state index in [2.05, 4.69) is 36.2 Å². The molecule has 3 atom stereocenters. The van der Waals surface area contributed by atoms with Gasteiger partial charge in [-0.15, -0.1) is 11.8 Å². The second-order valence-corrected chi connectivity index (χ2v) is 7.41. The van der Waals surface area contributed by atoms with Crippen molar-refractivity contribution in [3.8, 4) is 0 Å². The standard InChI is InChI=1S/C13H23N3OS2/c1-4-10-12(19-7-6-18-10)13-15-11(17-16-13)8-9(3)14-5-2/h9-10,12,14H,4-8H2,1-3H3. The van der Waals surface area contributed by atoms with E-state index in [0.29, 0.717) is 16.5 Å². The maximum Gasteiger partial charge on any atom is 0.228 e. The van der Waals surface area contributed by atoms with Crippen molar-refractivity contribution >= 4 is 23.5 Å². The van der Waals surface area contributed by atoms with Crippen molar-refractivity contribution in [2.75, 3.05) is 18.1 Å². The molecular weight excluding hydrogens is 278 g/mol. The zero-order valence-corrected chi connectivity index (χ0v) is 13.5. The Morgan fingerprint density at radius 1 is 1.37 bits per heavy atom. The van der Waals surface area contributed by atoms with Gasteiger partial charge in [0.25, 0.3) is 0 Å². The van der Waals surface area contributed by atoms with Crippen molar-refractivity contribution in [1.29, 1.82) is 0 Å². The van der Waals surface area contributed by atoms with Crippen molar-refractivity contribution in [1.82, 2.24) is 15.5 Å². The topological polar surface area (TPSA) is 51.0 Å². The van der Waals surface area contributed by atoms with Crippen LogP contribution < -0.4 is 5.32 Å². The van der Waals surface area contributed by atoms with Gasteiger partial charge >= 0.3 is 0 Å². The summed E-state index contributed by atoms with van der Waals surface area (Å²) in [5, 5.41) is 8.59. The molecule has 1 fully saturated rings. The number of hydrogen-bond acceptors (Lipinski definition) is 6. The van der Waals surface area contributed by atoms with Crippen LogP contribution in [0.25, 0.3) is 0 Å². The van der Waals surface area contributed by atoms with Gasteiger partial charge in [0, 0.05) is 29.2 Å². The molecule has 1 aliphatic heterocycles. The molecule has 0 amide bonds. The highest BCUT2D eigenvalue weighted by Crippen LogP contribution is 2.42. The Hall–Kier alpha value is -0.200. The zero-order chi connectivity index (χ0) is 13.7. The van der Waals surface area contributed by atoms with Crippen molar-refractivity contribution in [3.63, 3.8) is 0 Å². The Labute approximate surface area is 123 Å². The van der Waals surface area contributed by atoms with E-state index in [1.54, 1.807) is 0 Å². The van der Waals surface area contributed by atoms with Crippen LogP contribution in [0.3, 0.4) is 0 Å². The molecule has 0 spiro atoms. The minimum absolute atomic E-state index is 0.383. The van der Waals surface area contributed by atoms with Crippen LogP contribution in [0.2, 0.25) is 0 Å². The monoisotopic (exact) mass is 301 g/mol. The van der Waals surface area contributed by atoms with Crippen LogP contribution in [0.4, 0.5) is 0 Å². The maximum absolute atomic E-state index is 5.40. The van der Waals surface area contributed by atoms with E-state index in [9.17, 15) is 0 Å². The van der Waals surface area contributed by atoms with E-state index in [1.807, 2.05) is 23.5 Å². The number of nitrogens with zero attached hydrogens (tertiary/aromatic N) is 2. The van der Waals surface area contributed by atoms with E-state index in [1.165, 1.54) is 17.9 Å². The average molecular weight is 301 g/mol. The van der Waals surface area contributed by atoms with Crippen molar-refractivity contribution in [2.45, 2.75) is 50.2 Å². The summed E-state index contributed by atoms with van der Waals surface area (Å²) >= 11 is 4.01. The molecule has 1 saturated heterocycles. The molecule has 6 heteroatoms. The van der Waals surface area contributed by atoms with Gasteiger partial charge in [0.15, 0.2) is 5.82 Å². The lowest BCUT2D eigenvalue weighted by molar-refractivity contribution is 0.358. The van der Waals surface area contributed by atoms with Crippen molar-refractivity contribution < 1.29 is 4.52 Å². The average Bonchev–Trinajstić information content (AvgIpc) is 2.87.